The Kier molecular flexibility index (Phi) is 4.95. The SMILES string of the molecule is CCCCCCNc1ccccc1-c1nnc(C)o1. The van der Waals surface area contributed by atoms with Crippen molar-refractivity contribution in [1.29, 1.82) is 0 Å². The van der Waals surface area contributed by atoms with Crippen LogP contribution >= 0.6 is 0 Å². The predicted octanol–water partition coefficient (Wildman–Crippen LogP) is 4.04. The first kappa shape index (κ1) is 13.6. The van der Waals surface area contributed by atoms with Crippen LogP contribution in [0.5, 0.6) is 0 Å². The third-order valence-corrected chi connectivity index (χ3v) is 3.03. The highest BCUT2D eigenvalue weighted by Gasteiger charge is 2.10. The number of nitrogens with zero attached hydrogens (tertiary/aromatic N) is 2. The van der Waals surface area contributed by atoms with Crippen molar-refractivity contribution in [3.63, 3.8) is 0 Å². The van der Waals surface area contributed by atoms with E-state index < -0.39 is 0 Å². The Morgan fingerprint density at radius 2 is 1.95 bits per heavy atom. The Labute approximate surface area is 114 Å². The summed E-state index contributed by atoms with van der Waals surface area (Å²) in [5.74, 6) is 1.17. The van der Waals surface area contributed by atoms with Crippen molar-refractivity contribution in [2.45, 2.75) is 39.5 Å². The van der Waals surface area contributed by atoms with E-state index >= 15 is 0 Å². The normalized spacial score (nSPS) is 10.6. The van der Waals surface area contributed by atoms with E-state index in [-0.39, 0.29) is 0 Å². The summed E-state index contributed by atoms with van der Waals surface area (Å²) >= 11 is 0. The molecule has 0 amide bonds. The van der Waals surface area contributed by atoms with Crippen LogP contribution in [-0.4, -0.2) is 16.7 Å². The third kappa shape index (κ3) is 3.81. The van der Waals surface area contributed by atoms with Crippen molar-refractivity contribution in [3.8, 4) is 11.5 Å². The molecule has 0 saturated heterocycles. The highest BCUT2D eigenvalue weighted by Crippen LogP contribution is 2.26. The van der Waals surface area contributed by atoms with Gasteiger partial charge in [-0.25, -0.2) is 0 Å². The lowest BCUT2D eigenvalue weighted by molar-refractivity contribution is 0.533. The predicted molar refractivity (Wildman–Crippen MR) is 77.1 cm³/mol. The Hall–Kier alpha value is -1.84. The summed E-state index contributed by atoms with van der Waals surface area (Å²) in [5.41, 5.74) is 2.03. The van der Waals surface area contributed by atoms with Crippen LogP contribution in [0.15, 0.2) is 28.7 Å². The molecule has 102 valence electrons. The number of hydrogen-bond donors (Lipinski definition) is 1. The minimum atomic E-state index is 0.578. The van der Waals surface area contributed by atoms with Crippen LogP contribution in [0.25, 0.3) is 11.5 Å². The van der Waals surface area contributed by atoms with Gasteiger partial charge in [0.2, 0.25) is 11.8 Å². The third-order valence-electron chi connectivity index (χ3n) is 3.03. The number of aromatic nitrogens is 2. The summed E-state index contributed by atoms with van der Waals surface area (Å²) in [5, 5.41) is 11.4. The van der Waals surface area contributed by atoms with Crippen LogP contribution < -0.4 is 5.32 Å². The van der Waals surface area contributed by atoms with Crippen molar-refractivity contribution in [3.05, 3.63) is 30.2 Å². The van der Waals surface area contributed by atoms with Gasteiger partial charge in [-0.15, -0.1) is 10.2 Å². The van der Waals surface area contributed by atoms with Crippen molar-refractivity contribution in [2.75, 3.05) is 11.9 Å². The van der Waals surface area contributed by atoms with Crippen molar-refractivity contribution < 1.29 is 4.42 Å². The summed E-state index contributed by atoms with van der Waals surface area (Å²) in [6, 6.07) is 8.05. The monoisotopic (exact) mass is 259 g/mol. The molecule has 0 saturated carbocycles. The summed E-state index contributed by atoms with van der Waals surface area (Å²) in [4.78, 5) is 0. The van der Waals surface area contributed by atoms with Gasteiger partial charge in [-0.05, 0) is 18.6 Å². The van der Waals surface area contributed by atoms with Gasteiger partial charge >= 0.3 is 0 Å². The zero-order chi connectivity index (χ0) is 13.5. The molecule has 4 heteroatoms. The number of hydrogen-bond acceptors (Lipinski definition) is 4. The summed E-state index contributed by atoms with van der Waals surface area (Å²) in [6.07, 6.45) is 5.01. The average molecular weight is 259 g/mol. The van der Waals surface area contributed by atoms with Crippen LogP contribution in [0.3, 0.4) is 0 Å². The number of anilines is 1. The number of nitrogens with one attached hydrogen (secondary N) is 1. The highest BCUT2D eigenvalue weighted by atomic mass is 16.4. The van der Waals surface area contributed by atoms with Gasteiger partial charge < -0.3 is 9.73 Å². The maximum absolute atomic E-state index is 5.49. The fourth-order valence-corrected chi connectivity index (χ4v) is 2.00. The van der Waals surface area contributed by atoms with Crippen LogP contribution in [0.1, 0.15) is 38.5 Å². The van der Waals surface area contributed by atoms with Crippen LogP contribution in [-0.2, 0) is 0 Å². The molecule has 0 bridgehead atoms. The number of benzene rings is 1. The van der Waals surface area contributed by atoms with Gasteiger partial charge in [-0.1, -0.05) is 38.3 Å². The molecule has 0 fully saturated rings. The van der Waals surface area contributed by atoms with Crippen molar-refractivity contribution >= 4 is 5.69 Å². The van der Waals surface area contributed by atoms with E-state index in [0.717, 1.165) is 17.8 Å². The average Bonchev–Trinajstić information content (AvgIpc) is 2.85. The second-order valence-electron chi connectivity index (χ2n) is 4.66. The molecule has 1 aromatic heterocycles. The molecule has 0 radical (unpaired) electrons. The van der Waals surface area contributed by atoms with Crippen LogP contribution in [0.2, 0.25) is 0 Å². The molecule has 0 unspecified atom stereocenters. The smallest absolute Gasteiger partial charge is 0.249 e. The Bertz CT molecular complexity index is 508. The first-order valence-corrected chi connectivity index (χ1v) is 6.94. The Morgan fingerprint density at radius 3 is 2.68 bits per heavy atom. The highest BCUT2D eigenvalue weighted by molar-refractivity contribution is 5.72. The second kappa shape index (κ2) is 6.92. The number of para-hydroxylation sites is 1. The first-order chi connectivity index (χ1) is 9.31. The molecule has 0 atom stereocenters. The van der Waals surface area contributed by atoms with Gasteiger partial charge in [0.1, 0.15) is 0 Å². The molecule has 19 heavy (non-hydrogen) atoms. The molecule has 1 N–H and O–H groups in total. The molecule has 2 aromatic rings. The molecule has 1 aromatic carbocycles. The lowest BCUT2D eigenvalue weighted by Gasteiger charge is -2.09. The van der Waals surface area contributed by atoms with Crippen LogP contribution in [0, 0.1) is 6.92 Å². The molecule has 1 heterocycles. The quantitative estimate of drug-likeness (QED) is 0.762. The fraction of sp³-hybridized carbons (Fsp3) is 0.467. The minimum absolute atomic E-state index is 0.578. The molecule has 0 spiro atoms. The van der Waals surface area contributed by atoms with E-state index in [4.69, 9.17) is 4.42 Å². The van der Waals surface area contributed by atoms with E-state index in [1.54, 1.807) is 6.92 Å². The van der Waals surface area contributed by atoms with Crippen molar-refractivity contribution in [1.82, 2.24) is 10.2 Å². The molecular formula is C15H21N3O. The summed E-state index contributed by atoms with van der Waals surface area (Å²) < 4.78 is 5.49. The van der Waals surface area contributed by atoms with Crippen molar-refractivity contribution in [2.24, 2.45) is 0 Å². The van der Waals surface area contributed by atoms with Crippen LogP contribution in [0.4, 0.5) is 5.69 Å². The van der Waals surface area contributed by atoms with E-state index in [1.807, 2.05) is 18.2 Å². The fourth-order valence-electron chi connectivity index (χ4n) is 2.00. The zero-order valence-electron chi connectivity index (χ0n) is 11.6. The summed E-state index contributed by atoms with van der Waals surface area (Å²) in [7, 11) is 0. The molecule has 0 aliphatic carbocycles. The summed E-state index contributed by atoms with van der Waals surface area (Å²) in [6.45, 7) is 5.00. The Morgan fingerprint density at radius 1 is 1.11 bits per heavy atom. The molecular weight excluding hydrogens is 238 g/mol. The van der Waals surface area contributed by atoms with Gasteiger partial charge in [0.25, 0.3) is 0 Å². The van der Waals surface area contributed by atoms with Gasteiger partial charge in [0, 0.05) is 19.2 Å². The number of aryl methyl sites for hydroxylation is 1. The van der Waals surface area contributed by atoms with Gasteiger partial charge in [0.15, 0.2) is 0 Å². The number of rotatable bonds is 7. The maximum Gasteiger partial charge on any atom is 0.249 e. The lowest BCUT2D eigenvalue weighted by atomic mass is 10.1. The standard InChI is InChI=1S/C15H21N3O/c1-3-4-5-8-11-16-14-10-7-6-9-13(14)15-18-17-12(2)19-15/h6-7,9-10,16H,3-5,8,11H2,1-2H3. The lowest BCUT2D eigenvalue weighted by Crippen LogP contribution is -2.02. The largest absolute Gasteiger partial charge is 0.421 e. The minimum Gasteiger partial charge on any atom is -0.421 e. The molecule has 2 rings (SSSR count). The molecule has 0 aliphatic rings. The molecule has 0 aliphatic heterocycles. The topological polar surface area (TPSA) is 51.0 Å². The van der Waals surface area contributed by atoms with E-state index in [0.29, 0.717) is 11.8 Å². The Balaban J connectivity index is 2.00. The van der Waals surface area contributed by atoms with E-state index in [2.05, 4.69) is 28.5 Å². The molecule has 4 nitrogen and oxygen atoms in total. The number of unbranched alkanes of at least 4 members (excludes halogenated alkanes) is 3. The van der Waals surface area contributed by atoms with Gasteiger partial charge in [0.05, 0.1) is 5.56 Å². The van der Waals surface area contributed by atoms with Gasteiger partial charge in [-0.3, -0.25) is 0 Å². The van der Waals surface area contributed by atoms with E-state index in [1.165, 1.54) is 25.7 Å². The second-order valence-corrected chi connectivity index (χ2v) is 4.66. The van der Waals surface area contributed by atoms with Gasteiger partial charge in [-0.2, -0.15) is 0 Å². The first-order valence-electron chi connectivity index (χ1n) is 6.94. The maximum atomic E-state index is 5.49. The van der Waals surface area contributed by atoms with E-state index in [9.17, 15) is 0 Å². The zero-order valence-corrected chi connectivity index (χ0v) is 11.6.